The van der Waals surface area contributed by atoms with Crippen LogP contribution in [0.1, 0.15) is 45.6 Å². The van der Waals surface area contributed by atoms with E-state index in [2.05, 4.69) is 31.7 Å². The van der Waals surface area contributed by atoms with E-state index in [0.717, 1.165) is 18.8 Å². The Morgan fingerprint density at radius 2 is 1.90 bits per heavy atom. The van der Waals surface area contributed by atoms with E-state index in [1.54, 1.807) is 12.1 Å². The van der Waals surface area contributed by atoms with Crippen molar-refractivity contribution in [1.82, 2.24) is 4.90 Å². The zero-order valence-electron chi connectivity index (χ0n) is 12.9. The van der Waals surface area contributed by atoms with Crippen LogP contribution < -0.4 is 4.74 Å². The third kappa shape index (κ3) is 5.63. The summed E-state index contributed by atoms with van der Waals surface area (Å²) >= 11 is 0. The van der Waals surface area contributed by atoms with Crippen molar-refractivity contribution < 1.29 is 4.74 Å². The minimum Gasteiger partial charge on any atom is -0.492 e. The Kier molecular flexibility index (Phi) is 7.75. The monoisotopic (exact) mass is 274 g/mol. The van der Waals surface area contributed by atoms with E-state index in [-0.39, 0.29) is 0 Å². The van der Waals surface area contributed by atoms with Gasteiger partial charge in [0.2, 0.25) is 0 Å². The van der Waals surface area contributed by atoms with Gasteiger partial charge >= 0.3 is 0 Å². The number of hydrogen-bond donors (Lipinski definition) is 0. The first-order chi connectivity index (χ1) is 9.71. The third-order valence-corrected chi connectivity index (χ3v) is 3.64. The maximum atomic E-state index is 8.75. The summed E-state index contributed by atoms with van der Waals surface area (Å²) in [7, 11) is 0. The quantitative estimate of drug-likeness (QED) is 0.686. The number of unbranched alkanes of at least 4 members (excludes halogenated alkanes) is 1. The Bertz CT molecular complexity index is 408. The summed E-state index contributed by atoms with van der Waals surface area (Å²) in [6.45, 7) is 9.52. The molecule has 0 aliphatic heterocycles. The number of nitriles is 1. The van der Waals surface area contributed by atoms with E-state index >= 15 is 0 Å². The second-order valence-corrected chi connectivity index (χ2v) is 5.13. The number of nitrogens with zero attached hydrogens (tertiary/aromatic N) is 2. The highest BCUT2D eigenvalue weighted by atomic mass is 16.5. The second-order valence-electron chi connectivity index (χ2n) is 5.13. The Balaban J connectivity index is 2.40. The first-order valence-corrected chi connectivity index (χ1v) is 7.58. The van der Waals surface area contributed by atoms with Gasteiger partial charge in [0.15, 0.2) is 0 Å². The van der Waals surface area contributed by atoms with Crippen molar-refractivity contribution in [2.75, 3.05) is 19.7 Å². The Labute approximate surface area is 123 Å². The smallest absolute Gasteiger partial charge is 0.119 e. The Morgan fingerprint density at radius 1 is 1.20 bits per heavy atom. The molecule has 0 N–H and O–H groups in total. The van der Waals surface area contributed by atoms with Gasteiger partial charge < -0.3 is 4.74 Å². The third-order valence-electron chi connectivity index (χ3n) is 3.64. The number of rotatable bonds is 9. The summed E-state index contributed by atoms with van der Waals surface area (Å²) in [5.74, 6) is 0.837. The van der Waals surface area contributed by atoms with E-state index < -0.39 is 0 Å². The van der Waals surface area contributed by atoms with Crippen molar-refractivity contribution in [2.45, 2.75) is 46.1 Å². The highest BCUT2D eigenvalue weighted by Gasteiger charge is 2.11. The summed E-state index contributed by atoms with van der Waals surface area (Å²) in [5, 5.41) is 8.75. The normalized spacial score (nSPS) is 12.2. The van der Waals surface area contributed by atoms with E-state index in [1.807, 2.05) is 12.1 Å². The summed E-state index contributed by atoms with van der Waals surface area (Å²) < 4.78 is 5.76. The highest BCUT2D eigenvalue weighted by Crippen LogP contribution is 2.12. The number of benzene rings is 1. The molecule has 0 saturated heterocycles. The minimum atomic E-state index is 0.603. The van der Waals surface area contributed by atoms with Crippen LogP contribution in [-0.2, 0) is 0 Å². The molecule has 20 heavy (non-hydrogen) atoms. The molecule has 3 nitrogen and oxygen atoms in total. The molecule has 3 heteroatoms. The molecule has 1 rings (SSSR count). The molecule has 0 radical (unpaired) electrons. The fourth-order valence-corrected chi connectivity index (χ4v) is 2.08. The number of ether oxygens (including phenoxy) is 1. The average Bonchev–Trinajstić information content (AvgIpc) is 2.50. The molecule has 0 bridgehead atoms. The zero-order valence-corrected chi connectivity index (χ0v) is 12.9. The minimum absolute atomic E-state index is 0.603. The van der Waals surface area contributed by atoms with Crippen molar-refractivity contribution in [3.8, 4) is 11.8 Å². The molecular formula is C17H26N2O. The molecule has 0 amide bonds. The van der Waals surface area contributed by atoms with Crippen LogP contribution in [0.5, 0.6) is 5.75 Å². The lowest BCUT2D eigenvalue weighted by Crippen LogP contribution is -2.36. The summed E-state index contributed by atoms with van der Waals surface area (Å²) in [6, 6.07) is 10.0. The Hall–Kier alpha value is -1.53. The molecule has 0 saturated carbocycles. The maximum Gasteiger partial charge on any atom is 0.119 e. The molecule has 1 unspecified atom stereocenters. The van der Waals surface area contributed by atoms with Gasteiger partial charge in [0, 0.05) is 12.6 Å². The predicted molar refractivity (Wildman–Crippen MR) is 82.9 cm³/mol. The van der Waals surface area contributed by atoms with Gasteiger partial charge in [-0.1, -0.05) is 20.3 Å². The van der Waals surface area contributed by atoms with Crippen LogP contribution in [0.4, 0.5) is 0 Å². The van der Waals surface area contributed by atoms with Crippen molar-refractivity contribution in [2.24, 2.45) is 0 Å². The summed E-state index contributed by atoms with van der Waals surface area (Å²) in [4.78, 5) is 2.49. The van der Waals surface area contributed by atoms with E-state index in [0.29, 0.717) is 18.2 Å². The molecule has 0 fully saturated rings. The predicted octanol–water partition coefficient (Wildman–Crippen LogP) is 3.84. The van der Waals surface area contributed by atoms with Gasteiger partial charge in [-0.2, -0.15) is 5.26 Å². The standard InChI is InChI=1S/C17H26N2O/c1-4-6-11-19(15(3)5-2)12-13-20-17-9-7-16(14-18)8-10-17/h7-10,15H,4-6,11-13H2,1-3H3. The summed E-state index contributed by atoms with van der Waals surface area (Å²) in [5.41, 5.74) is 0.668. The van der Waals surface area contributed by atoms with Crippen LogP contribution >= 0.6 is 0 Å². The first kappa shape index (κ1) is 16.5. The van der Waals surface area contributed by atoms with Gasteiger partial charge in [0.1, 0.15) is 12.4 Å². The number of hydrogen-bond acceptors (Lipinski definition) is 3. The first-order valence-electron chi connectivity index (χ1n) is 7.58. The second kappa shape index (κ2) is 9.39. The molecule has 1 atom stereocenters. The van der Waals surface area contributed by atoms with Gasteiger partial charge in [-0.3, -0.25) is 4.90 Å². The van der Waals surface area contributed by atoms with Crippen molar-refractivity contribution >= 4 is 0 Å². The summed E-state index contributed by atoms with van der Waals surface area (Å²) in [6.07, 6.45) is 3.63. The fourth-order valence-electron chi connectivity index (χ4n) is 2.08. The van der Waals surface area contributed by atoms with Crippen LogP contribution in [0, 0.1) is 11.3 Å². The van der Waals surface area contributed by atoms with E-state index in [4.69, 9.17) is 10.00 Å². The van der Waals surface area contributed by atoms with Crippen LogP contribution in [-0.4, -0.2) is 30.6 Å². The van der Waals surface area contributed by atoms with Crippen LogP contribution in [0.3, 0.4) is 0 Å². The van der Waals surface area contributed by atoms with E-state index in [9.17, 15) is 0 Å². The van der Waals surface area contributed by atoms with Crippen molar-refractivity contribution in [3.05, 3.63) is 29.8 Å². The largest absolute Gasteiger partial charge is 0.492 e. The SMILES string of the molecule is CCCCN(CCOc1ccc(C#N)cc1)C(C)CC. The highest BCUT2D eigenvalue weighted by molar-refractivity contribution is 5.34. The fraction of sp³-hybridized carbons (Fsp3) is 0.588. The van der Waals surface area contributed by atoms with Gasteiger partial charge in [-0.05, 0) is 50.6 Å². The van der Waals surface area contributed by atoms with Crippen LogP contribution in [0.15, 0.2) is 24.3 Å². The molecule has 1 aromatic rings. The van der Waals surface area contributed by atoms with Gasteiger partial charge in [0.25, 0.3) is 0 Å². The van der Waals surface area contributed by atoms with Crippen LogP contribution in [0.2, 0.25) is 0 Å². The maximum absolute atomic E-state index is 8.75. The molecule has 0 aliphatic rings. The van der Waals surface area contributed by atoms with Gasteiger partial charge in [-0.25, -0.2) is 0 Å². The van der Waals surface area contributed by atoms with Gasteiger partial charge in [0.05, 0.1) is 11.6 Å². The molecule has 1 aromatic carbocycles. The molecule has 110 valence electrons. The lowest BCUT2D eigenvalue weighted by Gasteiger charge is -2.28. The van der Waals surface area contributed by atoms with E-state index in [1.165, 1.54) is 19.3 Å². The molecular weight excluding hydrogens is 248 g/mol. The molecule has 0 aromatic heterocycles. The lowest BCUT2D eigenvalue weighted by atomic mass is 10.2. The Morgan fingerprint density at radius 3 is 2.45 bits per heavy atom. The zero-order chi connectivity index (χ0) is 14.8. The molecule has 0 spiro atoms. The molecule has 0 aliphatic carbocycles. The van der Waals surface area contributed by atoms with Crippen LogP contribution in [0.25, 0.3) is 0 Å². The lowest BCUT2D eigenvalue weighted by molar-refractivity contribution is 0.162. The van der Waals surface area contributed by atoms with Gasteiger partial charge in [-0.15, -0.1) is 0 Å². The molecule has 0 heterocycles. The van der Waals surface area contributed by atoms with Crippen molar-refractivity contribution in [3.63, 3.8) is 0 Å². The topological polar surface area (TPSA) is 36.3 Å². The average molecular weight is 274 g/mol. The van der Waals surface area contributed by atoms with Crippen molar-refractivity contribution in [1.29, 1.82) is 5.26 Å².